The summed E-state index contributed by atoms with van der Waals surface area (Å²) < 4.78 is 5.73. The molecule has 0 spiro atoms. The Morgan fingerprint density at radius 2 is 2.26 bits per heavy atom. The second kappa shape index (κ2) is 6.31. The Kier molecular flexibility index (Phi) is 4.05. The van der Waals surface area contributed by atoms with Gasteiger partial charge in [-0.3, -0.25) is 4.79 Å². The number of piperidine rings is 1. The number of likely N-dealkylation sites (tertiary alicyclic amines) is 1. The van der Waals surface area contributed by atoms with E-state index < -0.39 is 5.69 Å². The highest BCUT2D eigenvalue weighted by atomic mass is 16.5. The predicted molar refractivity (Wildman–Crippen MR) is 77.7 cm³/mol. The molecule has 0 bridgehead atoms. The van der Waals surface area contributed by atoms with Gasteiger partial charge in [-0.05, 0) is 12.8 Å². The van der Waals surface area contributed by atoms with E-state index in [9.17, 15) is 9.59 Å². The van der Waals surface area contributed by atoms with Crippen molar-refractivity contribution in [3.63, 3.8) is 0 Å². The first-order chi connectivity index (χ1) is 11.2. The van der Waals surface area contributed by atoms with Crippen LogP contribution >= 0.6 is 0 Å². The number of hydrogen-bond donors (Lipinski definition) is 2. The summed E-state index contributed by atoms with van der Waals surface area (Å²) in [6.07, 6.45) is 5.45. The number of H-pyrrole nitrogens is 2. The molecule has 3 heterocycles. The molecule has 118 valence electrons. The van der Waals surface area contributed by atoms with Gasteiger partial charge < -0.3 is 19.6 Å². The molecule has 0 saturated carbocycles. The van der Waals surface area contributed by atoms with Crippen LogP contribution in [0.5, 0.6) is 5.88 Å². The number of nitrogens with one attached hydrogen (secondary N) is 2. The number of amides is 1. The van der Waals surface area contributed by atoms with Gasteiger partial charge in [0.15, 0.2) is 0 Å². The summed E-state index contributed by atoms with van der Waals surface area (Å²) in [5.41, 5.74) is -0.0878. The number of aromatic nitrogens is 4. The van der Waals surface area contributed by atoms with Gasteiger partial charge >= 0.3 is 5.69 Å². The number of carbonyl (C=O) groups excluding carboxylic acids is 1. The molecule has 9 nitrogen and oxygen atoms in total. The zero-order valence-corrected chi connectivity index (χ0v) is 12.2. The van der Waals surface area contributed by atoms with Crippen LogP contribution in [-0.4, -0.2) is 49.9 Å². The molecule has 23 heavy (non-hydrogen) atoms. The van der Waals surface area contributed by atoms with Crippen molar-refractivity contribution in [2.45, 2.75) is 18.9 Å². The molecule has 1 unspecified atom stereocenters. The van der Waals surface area contributed by atoms with E-state index >= 15 is 0 Å². The third kappa shape index (κ3) is 3.21. The van der Waals surface area contributed by atoms with Crippen molar-refractivity contribution in [2.75, 3.05) is 13.1 Å². The first-order valence-corrected chi connectivity index (χ1v) is 7.12. The van der Waals surface area contributed by atoms with Crippen molar-refractivity contribution in [3.05, 3.63) is 40.5 Å². The zero-order valence-electron chi connectivity index (χ0n) is 12.2. The second-order valence-corrected chi connectivity index (χ2v) is 5.11. The number of hydrogen-bond acceptors (Lipinski definition) is 6. The smallest absolute Gasteiger partial charge is 0.323 e. The normalized spacial score (nSPS) is 17.5. The van der Waals surface area contributed by atoms with Crippen LogP contribution in [0.15, 0.2) is 23.4 Å². The zero-order chi connectivity index (χ0) is 16.2. The Morgan fingerprint density at radius 1 is 1.43 bits per heavy atom. The molecular formula is C14H14N6O3. The van der Waals surface area contributed by atoms with Crippen molar-refractivity contribution < 1.29 is 9.53 Å². The molecule has 1 fully saturated rings. The Hall–Kier alpha value is -3.15. The molecule has 0 radical (unpaired) electrons. The average molecular weight is 314 g/mol. The molecule has 1 aliphatic rings. The predicted octanol–water partition coefficient (Wildman–Crippen LogP) is 0.0483. The van der Waals surface area contributed by atoms with E-state index in [0.717, 1.165) is 12.8 Å². The van der Waals surface area contributed by atoms with Gasteiger partial charge in [0.05, 0.1) is 6.54 Å². The van der Waals surface area contributed by atoms with Gasteiger partial charge in [-0.25, -0.2) is 14.8 Å². The second-order valence-electron chi connectivity index (χ2n) is 5.11. The Labute approximate surface area is 130 Å². The van der Waals surface area contributed by atoms with E-state index in [1.807, 2.05) is 6.07 Å². The molecule has 0 aromatic carbocycles. The number of nitriles is 1. The van der Waals surface area contributed by atoms with Gasteiger partial charge in [0.1, 0.15) is 17.9 Å². The third-order valence-electron chi connectivity index (χ3n) is 3.54. The quantitative estimate of drug-likeness (QED) is 0.823. The van der Waals surface area contributed by atoms with E-state index in [2.05, 4.69) is 19.9 Å². The van der Waals surface area contributed by atoms with Gasteiger partial charge in [0.2, 0.25) is 5.69 Å². The van der Waals surface area contributed by atoms with Gasteiger partial charge in [0, 0.05) is 25.1 Å². The van der Waals surface area contributed by atoms with E-state index in [1.54, 1.807) is 4.90 Å². The fraction of sp³-hybridized carbons (Fsp3) is 0.357. The van der Waals surface area contributed by atoms with Crippen LogP contribution in [0, 0.1) is 11.3 Å². The SMILES string of the molecule is N#Cc1nccnc1OC1CCCN(C(=O)c2c[nH]c(=O)[nH]2)C1. The molecule has 9 heteroatoms. The van der Waals surface area contributed by atoms with Gasteiger partial charge in [-0.1, -0.05) is 0 Å². The molecule has 1 aliphatic heterocycles. The number of aromatic amines is 2. The van der Waals surface area contributed by atoms with Crippen molar-refractivity contribution in [2.24, 2.45) is 0 Å². The summed E-state index contributed by atoms with van der Waals surface area (Å²) in [7, 11) is 0. The molecule has 1 amide bonds. The van der Waals surface area contributed by atoms with Gasteiger partial charge in [-0.2, -0.15) is 5.26 Å². The van der Waals surface area contributed by atoms with E-state index in [-0.39, 0.29) is 29.3 Å². The monoisotopic (exact) mass is 314 g/mol. The lowest BCUT2D eigenvalue weighted by Gasteiger charge is -2.32. The van der Waals surface area contributed by atoms with Crippen LogP contribution < -0.4 is 10.4 Å². The molecule has 1 atom stereocenters. The van der Waals surface area contributed by atoms with Crippen LogP contribution in [0.1, 0.15) is 29.0 Å². The number of rotatable bonds is 3. The number of imidazole rings is 1. The lowest BCUT2D eigenvalue weighted by Crippen LogP contribution is -2.44. The van der Waals surface area contributed by atoms with Gasteiger partial charge in [-0.15, -0.1) is 0 Å². The summed E-state index contributed by atoms with van der Waals surface area (Å²) in [4.78, 5) is 37.8. The lowest BCUT2D eigenvalue weighted by atomic mass is 10.1. The summed E-state index contributed by atoms with van der Waals surface area (Å²) in [6, 6.07) is 1.92. The maximum absolute atomic E-state index is 12.3. The van der Waals surface area contributed by atoms with Crippen LogP contribution in [0.3, 0.4) is 0 Å². The molecular weight excluding hydrogens is 300 g/mol. The molecule has 2 N–H and O–H groups in total. The Balaban J connectivity index is 1.70. The van der Waals surface area contributed by atoms with Crippen molar-refractivity contribution in [1.29, 1.82) is 5.26 Å². The summed E-state index contributed by atoms with van der Waals surface area (Å²) in [5, 5.41) is 9.00. The number of carbonyl (C=O) groups is 1. The fourth-order valence-corrected chi connectivity index (χ4v) is 2.48. The highest BCUT2D eigenvalue weighted by Gasteiger charge is 2.27. The minimum atomic E-state index is -0.420. The fourth-order valence-electron chi connectivity index (χ4n) is 2.48. The number of nitrogens with zero attached hydrogens (tertiary/aromatic N) is 4. The molecule has 0 aliphatic carbocycles. The molecule has 2 aromatic heterocycles. The first kappa shape index (κ1) is 14.8. The van der Waals surface area contributed by atoms with Crippen molar-refractivity contribution >= 4 is 5.91 Å². The minimum absolute atomic E-state index is 0.117. The van der Waals surface area contributed by atoms with Crippen LogP contribution in [0.2, 0.25) is 0 Å². The lowest BCUT2D eigenvalue weighted by molar-refractivity contribution is 0.0521. The minimum Gasteiger partial charge on any atom is -0.470 e. The third-order valence-corrected chi connectivity index (χ3v) is 3.54. The van der Waals surface area contributed by atoms with Crippen molar-refractivity contribution in [1.82, 2.24) is 24.8 Å². The highest BCUT2D eigenvalue weighted by molar-refractivity contribution is 5.92. The van der Waals surface area contributed by atoms with E-state index in [4.69, 9.17) is 10.00 Å². The highest BCUT2D eigenvalue weighted by Crippen LogP contribution is 2.19. The van der Waals surface area contributed by atoms with Crippen molar-refractivity contribution in [3.8, 4) is 11.9 Å². The maximum Gasteiger partial charge on any atom is 0.323 e. The maximum atomic E-state index is 12.3. The topological polar surface area (TPSA) is 128 Å². The molecule has 1 saturated heterocycles. The van der Waals surface area contributed by atoms with E-state index in [1.165, 1.54) is 18.6 Å². The molecule has 2 aromatic rings. The summed E-state index contributed by atoms with van der Waals surface area (Å²) in [5.74, 6) is -0.0966. The van der Waals surface area contributed by atoms with Crippen LogP contribution in [-0.2, 0) is 0 Å². The molecule has 3 rings (SSSR count). The van der Waals surface area contributed by atoms with Crippen LogP contribution in [0.25, 0.3) is 0 Å². The largest absolute Gasteiger partial charge is 0.470 e. The van der Waals surface area contributed by atoms with Gasteiger partial charge in [0.25, 0.3) is 11.8 Å². The first-order valence-electron chi connectivity index (χ1n) is 7.12. The summed E-state index contributed by atoms with van der Waals surface area (Å²) >= 11 is 0. The Bertz CT molecular complexity index is 805. The average Bonchev–Trinajstić information content (AvgIpc) is 3.01. The number of ether oxygens (including phenoxy) is 1. The van der Waals surface area contributed by atoms with E-state index in [0.29, 0.717) is 13.1 Å². The Morgan fingerprint density at radius 3 is 3.00 bits per heavy atom. The standard InChI is InChI=1S/C14H14N6O3/c15-6-10-12(17-4-3-16-10)23-9-2-1-5-20(8-9)13(21)11-7-18-14(22)19-11/h3-4,7,9H,1-2,5,8H2,(H2,18,19,22). The summed E-state index contributed by atoms with van der Waals surface area (Å²) in [6.45, 7) is 0.935. The van der Waals surface area contributed by atoms with Crippen LogP contribution in [0.4, 0.5) is 0 Å².